The van der Waals surface area contributed by atoms with Gasteiger partial charge >= 0.3 is 12.1 Å². The number of ether oxygens (including phenoxy) is 1. The van der Waals surface area contributed by atoms with Gasteiger partial charge in [0.15, 0.2) is 0 Å². The van der Waals surface area contributed by atoms with E-state index in [0.717, 1.165) is 36.8 Å². The fourth-order valence-electron chi connectivity index (χ4n) is 5.41. The third-order valence-corrected chi connectivity index (χ3v) is 7.24. The summed E-state index contributed by atoms with van der Waals surface area (Å²) in [5.41, 5.74) is 4.69. The lowest BCUT2D eigenvalue weighted by molar-refractivity contribution is -0.137. The number of benzene rings is 2. The second-order valence-electron chi connectivity index (χ2n) is 9.58. The number of carbonyl (C=O) groups excluding carboxylic acids is 2. The van der Waals surface area contributed by atoms with Crippen molar-refractivity contribution < 1.29 is 24.2 Å². The quantitative estimate of drug-likeness (QED) is 0.505. The van der Waals surface area contributed by atoms with Crippen molar-refractivity contribution in [2.24, 2.45) is 5.92 Å². The summed E-state index contributed by atoms with van der Waals surface area (Å²) in [4.78, 5) is 38.2. The van der Waals surface area contributed by atoms with E-state index < -0.39 is 12.1 Å². The second kappa shape index (κ2) is 11.4. The zero-order valence-electron chi connectivity index (χ0n) is 20.2. The van der Waals surface area contributed by atoms with E-state index in [4.69, 9.17) is 9.84 Å². The van der Waals surface area contributed by atoms with Gasteiger partial charge in [-0.05, 0) is 47.9 Å². The Bertz CT molecular complexity index is 1020. The van der Waals surface area contributed by atoms with Crippen LogP contribution in [0.15, 0.2) is 48.5 Å². The highest BCUT2D eigenvalue weighted by Crippen LogP contribution is 2.44. The SMILES string of the molecule is CN(CCCCC(=O)O)C(=O)C1CCCCC1NC(=O)OCC1c2ccccc2-c2ccccc21. The van der Waals surface area contributed by atoms with E-state index in [2.05, 4.69) is 29.6 Å². The summed E-state index contributed by atoms with van der Waals surface area (Å²) < 4.78 is 5.70. The van der Waals surface area contributed by atoms with Gasteiger partial charge in [0.2, 0.25) is 5.91 Å². The number of rotatable bonds is 9. The first-order valence-corrected chi connectivity index (χ1v) is 12.5. The maximum absolute atomic E-state index is 13.1. The van der Waals surface area contributed by atoms with Crippen LogP contribution >= 0.6 is 0 Å². The minimum absolute atomic E-state index is 0.00368. The molecule has 0 radical (unpaired) electrons. The summed E-state index contributed by atoms with van der Waals surface area (Å²) >= 11 is 0. The molecule has 35 heavy (non-hydrogen) atoms. The van der Waals surface area contributed by atoms with Crippen molar-refractivity contribution in [2.45, 2.75) is 56.9 Å². The van der Waals surface area contributed by atoms with E-state index in [1.165, 1.54) is 11.1 Å². The van der Waals surface area contributed by atoms with Crippen LogP contribution in [0.4, 0.5) is 4.79 Å². The third-order valence-electron chi connectivity index (χ3n) is 7.24. The Morgan fingerprint density at radius 2 is 1.60 bits per heavy atom. The molecule has 7 nitrogen and oxygen atoms in total. The van der Waals surface area contributed by atoms with Gasteiger partial charge in [-0.3, -0.25) is 9.59 Å². The normalized spacial score (nSPS) is 18.9. The van der Waals surface area contributed by atoms with Crippen LogP contribution < -0.4 is 5.32 Å². The van der Waals surface area contributed by atoms with Crippen molar-refractivity contribution in [3.8, 4) is 11.1 Å². The Kier molecular flexibility index (Phi) is 8.06. The zero-order chi connectivity index (χ0) is 24.8. The average Bonchev–Trinajstić information content (AvgIpc) is 3.19. The molecule has 2 aliphatic carbocycles. The fourth-order valence-corrected chi connectivity index (χ4v) is 5.41. The molecule has 2 aliphatic rings. The van der Waals surface area contributed by atoms with Crippen LogP contribution in [0.3, 0.4) is 0 Å². The average molecular weight is 479 g/mol. The molecule has 4 rings (SSSR count). The first-order chi connectivity index (χ1) is 17.0. The van der Waals surface area contributed by atoms with Crippen molar-refractivity contribution in [3.63, 3.8) is 0 Å². The van der Waals surface area contributed by atoms with E-state index in [-0.39, 0.29) is 36.8 Å². The molecule has 0 heterocycles. The van der Waals surface area contributed by atoms with Gasteiger partial charge in [0.05, 0.1) is 5.92 Å². The Labute approximate surface area is 206 Å². The summed E-state index contributed by atoms with van der Waals surface area (Å²) in [5, 5.41) is 11.8. The van der Waals surface area contributed by atoms with Gasteiger partial charge in [-0.1, -0.05) is 61.4 Å². The van der Waals surface area contributed by atoms with Gasteiger partial charge in [-0.25, -0.2) is 4.79 Å². The Morgan fingerprint density at radius 3 is 2.26 bits per heavy atom. The van der Waals surface area contributed by atoms with Gasteiger partial charge in [0.25, 0.3) is 0 Å². The topological polar surface area (TPSA) is 95.9 Å². The number of unbranched alkanes of at least 4 members (excludes halogenated alkanes) is 1. The van der Waals surface area contributed by atoms with Crippen molar-refractivity contribution in [1.82, 2.24) is 10.2 Å². The van der Waals surface area contributed by atoms with Crippen molar-refractivity contribution in [3.05, 3.63) is 59.7 Å². The summed E-state index contributed by atoms with van der Waals surface area (Å²) in [7, 11) is 1.75. The predicted octanol–water partition coefficient (Wildman–Crippen LogP) is 4.80. The smallest absolute Gasteiger partial charge is 0.407 e. The lowest BCUT2D eigenvalue weighted by Gasteiger charge is -2.33. The molecule has 0 saturated heterocycles. The minimum Gasteiger partial charge on any atom is -0.481 e. The van der Waals surface area contributed by atoms with Gasteiger partial charge in [-0.2, -0.15) is 0 Å². The summed E-state index contributed by atoms with van der Waals surface area (Å²) in [6.45, 7) is 0.759. The number of aliphatic carboxylic acids is 1. The highest BCUT2D eigenvalue weighted by Gasteiger charge is 2.35. The summed E-state index contributed by atoms with van der Waals surface area (Å²) in [6, 6.07) is 16.2. The number of carboxylic acids is 1. The Balaban J connectivity index is 1.33. The highest BCUT2D eigenvalue weighted by molar-refractivity contribution is 5.81. The lowest BCUT2D eigenvalue weighted by Crippen LogP contribution is -2.49. The van der Waals surface area contributed by atoms with E-state index in [1.807, 2.05) is 24.3 Å². The first kappa shape index (κ1) is 24.8. The van der Waals surface area contributed by atoms with Gasteiger partial charge in [-0.15, -0.1) is 0 Å². The van der Waals surface area contributed by atoms with Crippen LogP contribution in [0.2, 0.25) is 0 Å². The molecule has 1 fully saturated rings. The lowest BCUT2D eigenvalue weighted by atomic mass is 9.83. The van der Waals surface area contributed by atoms with Crippen molar-refractivity contribution in [1.29, 1.82) is 0 Å². The number of hydrogen-bond donors (Lipinski definition) is 2. The number of carbonyl (C=O) groups is 3. The number of nitrogens with zero attached hydrogens (tertiary/aromatic N) is 1. The number of alkyl carbamates (subject to hydrolysis) is 1. The van der Waals surface area contributed by atoms with Crippen LogP contribution in [0.1, 0.15) is 62.0 Å². The standard InChI is InChI=1S/C28H34N2O5/c1-30(17-9-8-16-26(31)32)27(33)23-14-6-7-15-25(23)29-28(34)35-18-24-21-12-4-2-10-19(21)20-11-3-5-13-22(20)24/h2-5,10-13,23-25H,6-9,14-18H2,1H3,(H,29,34)(H,31,32). The molecule has 2 aromatic rings. The molecule has 1 saturated carbocycles. The summed E-state index contributed by atoms with van der Waals surface area (Å²) in [6.07, 6.45) is 4.19. The molecular formula is C28H34N2O5. The second-order valence-corrected chi connectivity index (χ2v) is 9.58. The van der Waals surface area contributed by atoms with Crippen LogP contribution in [0, 0.1) is 5.92 Å². The molecule has 186 valence electrons. The molecule has 7 heteroatoms. The van der Waals surface area contributed by atoms with Crippen LogP contribution in [-0.4, -0.2) is 54.2 Å². The Hall–Kier alpha value is -3.35. The Morgan fingerprint density at radius 1 is 0.971 bits per heavy atom. The van der Waals surface area contributed by atoms with E-state index in [1.54, 1.807) is 11.9 Å². The molecule has 0 aromatic heterocycles. The number of nitrogens with one attached hydrogen (secondary N) is 1. The first-order valence-electron chi connectivity index (χ1n) is 12.5. The van der Waals surface area contributed by atoms with E-state index >= 15 is 0 Å². The van der Waals surface area contributed by atoms with Gasteiger partial charge < -0.3 is 20.1 Å². The fraction of sp³-hybridized carbons (Fsp3) is 0.464. The maximum atomic E-state index is 13.1. The van der Waals surface area contributed by atoms with Gasteiger partial charge in [0, 0.05) is 32.0 Å². The molecule has 2 amide bonds. The molecule has 0 spiro atoms. The minimum atomic E-state index is -0.821. The van der Waals surface area contributed by atoms with Crippen molar-refractivity contribution in [2.75, 3.05) is 20.2 Å². The van der Waals surface area contributed by atoms with E-state index in [0.29, 0.717) is 19.4 Å². The molecular weight excluding hydrogens is 444 g/mol. The highest BCUT2D eigenvalue weighted by atomic mass is 16.5. The van der Waals surface area contributed by atoms with Crippen molar-refractivity contribution >= 4 is 18.0 Å². The maximum Gasteiger partial charge on any atom is 0.407 e. The third kappa shape index (κ3) is 5.84. The number of hydrogen-bond acceptors (Lipinski definition) is 4. The molecule has 0 bridgehead atoms. The summed E-state index contributed by atoms with van der Waals surface area (Å²) in [5.74, 6) is -1.11. The predicted molar refractivity (Wildman–Crippen MR) is 133 cm³/mol. The van der Waals surface area contributed by atoms with Crippen LogP contribution in [0.25, 0.3) is 11.1 Å². The molecule has 2 N–H and O–H groups in total. The molecule has 2 aromatic carbocycles. The number of amides is 2. The van der Waals surface area contributed by atoms with Crippen LogP contribution in [0.5, 0.6) is 0 Å². The monoisotopic (exact) mass is 478 g/mol. The molecule has 0 aliphatic heterocycles. The molecule has 2 unspecified atom stereocenters. The van der Waals surface area contributed by atoms with Crippen LogP contribution in [-0.2, 0) is 14.3 Å². The number of fused-ring (bicyclic) bond motifs is 3. The molecule has 2 atom stereocenters. The zero-order valence-corrected chi connectivity index (χ0v) is 20.2. The van der Waals surface area contributed by atoms with E-state index in [9.17, 15) is 14.4 Å². The largest absolute Gasteiger partial charge is 0.481 e. The van der Waals surface area contributed by atoms with Gasteiger partial charge in [0.1, 0.15) is 6.61 Å². The number of carboxylic acid groups (broad SMARTS) is 1.